The van der Waals surface area contributed by atoms with Crippen molar-refractivity contribution in [2.75, 3.05) is 13.1 Å². The van der Waals surface area contributed by atoms with Crippen LogP contribution >= 0.6 is 15.9 Å². The molecule has 0 radical (unpaired) electrons. The molecule has 1 aliphatic heterocycles. The van der Waals surface area contributed by atoms with E-state index in [1.54, 1.807) is 0 Å². The minimum Gasteiger partial charge on any atom is -0.392 e. The van der Waals surface area contributed by atoms with Crippen LogP contribution < -0.4 is 0 Å². The van der Waals surface area contributed by atoms with Gasteiger partial charge < -0.3 is 5.11 Å². The van der Waals surface area contributed by atoms with Crippen LogP contribution in [0, 0.1) is 0 Å². The van der Waals surface area contributed by atoms with Crippen LogP contribution in [-0.4, -0.2) is 39.0 Å². The van der Waals surface area contributed by atoms with Gasteiger partial charge in [0.25, 0.3) is 0 Å². The Morgan fingerprint density at radius 2 is 2.24 bits per heavy atom. The molecule has 4 nitrogen and oxygen atoms in total. The van der Waals surface area contributed by atoms with E-state index in [9.17, 15) is 5.11 Å². The Bertz CT molecular complexity index is 391. The topological polar surface area (TPSA) is 41.3 Å². The number of nitrogens with zero attached hydrogens (tertiary/aromatic N) is 3. The summed E-state index contributed by atoms with van der Waals surface area (Å²) >= 11 is 3.65. The Kier molecular flexibility index (Phi) is 4.22. The summed E-state index contributed by atoms with van der Waals surface area (Å²) in [4.78, 5) is 2.29. The second kappa shape index (κ2) is 5.50. The highest BCUT2D eigenvalue weighted by molar-refractivity contribution is 9.10. The van der Waals surface area contributed by atoms with Gasteiger partial charge in [0.05, 0.1) is 22.0 Å². The second-order valence-electron chi connectivity index (χ2n) is 4.55. The lowest BCUT2D eigenvalue weighted by atomic mass is 10.3. The standard InChI is InChI=1S/C12H20BrN3O/c1-3-10-12(13)11(16(4-2)14-10)8-15-6-5-9(17)7-15/h9,17H,3-8H2,1-2H3. The van der Waals surface area contributed by atoms with Crippen LogP contribution in [0.25, 0.3) is 0 Å². The second-order valence-corrected chi connectivity index (χ2v) is 5.35. The maximum Gasteiger partial charge on any atom is 0.0767 e. The molecule has 1 fully saturated rings. The summed E-state index contributed by atoms with van der Waals surface area (Å²) in [5, 5.41) is 14.1. The van der Waals surface area contributed by atoms with Crippen LogP contribution in [0.4, 0.5) is 0 Å². The van der Waals surface area contributed by atoms with Crippen molar-refractivity contribution in [3.63, 3.8) is 0 Å². The smallest absolute Gasteiger partial charge is 0.0767 e. The number of rotatable bonds is 4. The number of aromatic nitrogens is 2. The quantitative estimate of drug-likeness (QED) is 0.922. The summed E-state index contributed by atoms with van der Waals surface area (Å²) in [7, 11) is 0. The zero-order valence-corrected chi connectivity index (χ0v) is 12.1. The van der Waals surface area contributed by atoms with Crippen molar-refractivity contribution in [3.8, 4) is 0 Å². The van der Waals surface area contributed by atoms with E-state index in [2.05, 4.69) is 44.5 Å². The van der Waals surface area contributed by atoms with Crippen LogP contribution in [-0.2, 0) is 19.5 Å². The summed E-state index contributed by atoms with van der Waals surface area (Å²) in [5.74, 6) is 0. The van der Waals surface area contributed by atoms with E-state index in [1.807, 2.05) is 0 Å². The van der Waals surface area contributed by atoms with Crippen molar-refractivity contribution < 1.29 is 5.11 Å². The summed E-state index contributed by atoms with van der Waals surface area (Å²) in [6.07, 6.45) is 1.68. The SMILES string of the molecule is CCc1nn(CC)c(CN2CCC(O)C2)c1Br. The molecule has 0 bridgehead atoms. The lowest BCUT2D eigenvalue weighted by molar-refractivity contribution is 0.173. The minimum atomic E-state index is -0.155. The van der Waals surface area contributed by atoms with Gasteiger partial charge in [-0.25, -0.2) is 0 Å². The third kappa shape index (κ3) is 2.72. The fraction of sp³-hybridized carbons (Fsp3) is 0.750. The molecular formula is C12H20BrN3O. The van der Waals surface area contributed by atoms with Crippen molar-refractivity contribution >= 4 is 15.9 Å². The van der Waals surface area contributed by atoms with Gasteiger partial charge in [0.2, 0.25) is 0 Å². The third-order valence-corrected chi connectivity index (χ3v) is 4.23. The van der Waals surface area contributed by atoms with Gasteiger partial charge in [-0.1, -0.05) is 6.92 Å². The largest absolute Gasteiger partial charge is 0.392 e. The number of aliphatic hydroxyl groups excluding tert-OH is 1. The van der Waals surface area contributed by atoms with Crippen LogP contribution in [0.2, 0.25) is 0 Å². The molecule has 5 heteroatoms. The molecule has 1 atom stereocenters. The minimum absolute atomic E-state index is 0.155. The zero-order valence-electron chi connectivity index (χ0n) is 10.5. The first kappa shape index (κ1) is 13.1. The predicted octanol–water partition coefficient (Wildman–Crippen LogP) is 1.79. The van der Waals surface area contributed by atoms with Crippen molar-refractivity contribution in [1.29, 1.82) is 0 Å². The maximum atomic E-state index is 9.55. The Labute approximate surface area is 111 Å². The molecule has 0 aromatic carbocycles. The van der Waals surface area contributed by atoms with Crippen molar-refractivity contribution in [1.82, 2.24) is 14.7 Å². The van der Waals surface area contributed by atoms with Gasteiger partial charge in [-0.05, 0) is 35.7 Å². The molecule has 0 amide bonds. The van der Waals surface area contributed by atoms with E-state index >= 15 is 0 Å². The molecule has 1 aliphatic rings. The van der Waals surface area contributed by atoms with Gasteiger partial charge >= 0.3 is 0 Å². The van der Waals surface area contributed by atoms with E-state index in [0.717, 1.165) is 49.2 Å². The van der Waals surface area contributed by atoms with Gasteiger partial charge in [0.1, 0.15) is 0 Å². The normalized spacial score (nSPS) is 21.3. The Hall–Kier alpha value is -0.390. The number of likely N-dealkylation sites (tertiary alicyclic amines) is 1. The molecule has 0 aliphatic carbocycles. The first-order valence-corrected chi connectivity index (χ1v) is 7.09. The highest BCUT2D eigenvalue weighted by Gasteiger charge is 2.23. The molecule has 17 heavy (non-hydrogen) atoms. The van der Waals surface area contributed by atoms with Crippen molar-refractivity contribution in [2.45, 2.75) is 45.9 Å². The van der Waals surface area contributed by atoms with E-state index in [-0.39, 0.29) is 6.10 Å². The molecule has 1 saturated heterocycles. The molecule has 2 rings (SSSR count). The lowest BCUT2D eigenvalue weighted by Crippen LogP contribution is -2.23. The molecule has 1 N–H and O–H groups in total. The van der Waals surface area contributed by atoms with Crippen LogP contribution in [0.15, 0.2) is 4.47 Å². The van der Waals surface area contributed by atoms with Gasteiger partial charge in [-0.3, -0.25) is 9.58 Å². The van der Waals surface area contributed by atoms with E-state index in [1.165, 1.54) is 5.69 Å². The molecule has 96 valence electrons. The first-order valence-electron chi connectivity index (χ1n) is 6.30. The van der Waals surface area contributed by atoms with E-state index in [0.29, 0.717) is 0 Å². The first-order chi connectivity index (χ1) is 8.15. The Morgan fingerprint density at radius 1 is 1.47 bits per heavy atom. The zero-order chi connectivity index (χ0) is 12.4. The Morgan fingerprint density at radius 3 is 2.76 bits per heavy atom. The van der Waals surface area contributed by atoms with Crippen LogP contribution in [0.3, 0.4) is 0 Å². The molecule has 1 aromatic heterocycles. The highest BCUT2D eigenvalue weighted by Crippen LogP contribution is 2.25. The van der Waals surface area contributed by atoms with E-state index < -0.39 is 0 Å². The Balaban J connectivity index is 2.16. The molecular weight excluding hydrogens is 282 g/mol. The summed E-state index contributed by atoms with van der Waals surface area (Å²) < 4.78 is 3.21. The number of β-amino-alcohol motifs (C(OH)–C–C–N with tert-alkyl or cyclic N) is 1. The van der Waals surface area contributed by atoms with E-state index in [4.69, 9.17) is 0 Å². The number of aliphatic hydroxyl groups is 1. The van der Waals surface area contributed by atoms with Gasteiger partial charge in [-0.2, -0.15) is 5.10 Å². The third-order valence-electron chi connectivity index (χ3n) is 3.32. The maximum absolute atomic E-state index is 9.55. The summed E-state index contributed by atoms with van der Waals surface area (Å²) in [6.45, 7) is 7.76. The lowest BCUT2D eigenvalue weighted by Gasteiger charge is -2.16. The molecule has 0 saturated carbocycles. The van der Waals surface area contributed by atoms with Crippen molar-refractivity contribution in [2.24, 2.45) is 0 Å². The number of hydrogen-bond donors (Lipinski definition) is 1. The fourth-order valence-electron chi connectivity index (χ4n) is 2.34. The number of hydrogen-bond acceptors (Lipinski definition) is 3. The van der Waals surface area contributed by atoms with Gasteiger partial charge in [-0.15, -0.1) is 0 Å². The average Bonchev–Trinajstić information content (AvgIpc) is 2.85. The summed E-state index contributed by atoms with van der Waals surface area (Å²) in [5.41, 5.74) is 2.36. The fourth-order valence-corrected chi connectivity index (χ4v) is 3.03. The van der Waals surface area contributed by atoms with Gasteiger partial charge in [0, 0.05) is 26.2 Å². The average molecular weight is 302 g/mol. The van der Waals surface area contributed by atoms with Crippen LogP contribution in [0.5, 0.6) is 0 Å². The number of aryl methyl sites for hydroxylation is 2. The summed E-state index contributed by atoms with van der Waals surface area (Å²) in [6, 6.07) is 0. The highest BCUT2D eigenvalue weighted by atomic mass is 79.9. The van der Waals surface area contributed by atoms with Crippen molar-refractivity contribution in [3.05, 3.63) is 15.9 Å². The predicted molar refractivity (Wildman–Crippen MR) is 70.9 cm³/mol. The molecule has 1 unspecified atom stereocenters. The van der Waals surface area contributed by atoms with Gasteiger partial charge in [0.15, 0.2) is 0 Å². The monoisotopic (exact) mass is 301 g/mol. The van der Waals surface area contributed by atoms with Crippen LogP contribution in [0.1, 0.15) is 31.7 Å². The number of halogens is 1. The molecule has 1 aromatic rings. The molecule has 2 heterocycles. The molecule has 0 spiro atoms.